The average molecular weight is 392 g/mol. The summed E-state index contributed by atoms with van der Waals surface area (Å²) in [6, 6.07) is 13.1. The first-order valence-corrected chi connectivity index (χ1v) is 10.5. The summed E-state index contributed by atoms with van der Waals surface area (Å²) < 4.78 is 39.6. The second-order valence-electron chi connectivity index (χ2n) is 7.38. The minimum absolute atomic E-state index is 0.0355. The van der Waals surface area contributed by atoms with E-state index < -0.39 is 21.7 Å². The van der Waals surface area contributed by atoms with Crippen molar-refractivity contribution in [3.05, 3.63) is 59.9 Å². The van der Waals surface area contributed by atoms with Crippen molar-refractivity contribution in [2.45, 2.75) is 32.6 Å². The van der Waals surface area contributed by atoms with Crippen molar-refractivity contribution in [1.29, 1.82) is 0 Å². The Bertz CT molecular complexity index is 921. The zero-order valence-electron chi connectivity index (χ0n) is 16.0. The van der Waals surface area contributed by atoms with Gasteiger partial charge in [0.25, 0.3) is 0 Å². The number of hydrogen-bond donors (Lipinski definition) is 1. The number of para-hydroxylation sites is 2. The molecule has 0 saturated carbocycles. The second kappa shape index (κ2) is 8.08. The lowest BCUT2D eigenvalue weighted by Crippen LogP contribution is -2.35. The Morgan fingerprint density at radius 3 is 2.26 bits per heavy atom. The molecular formula is C20H25FN2O3S. The fraction of sp³-hybridized carbons (Fsp3) is 0.350. The molecule has 27 heavy (non-hydrogen) atoms. The van der Waals surface area contributed by atoms with Crippen LogP contribution in [0.15, 0.2) is 48.5 Å². The monoisotopic (exact) mass is 392 g/mol. The highest BCUT2D eigenvalue weighted by Crippen LogP contribution is 2.33. The van der Waals surface area contributed by atoms with Crippen molar-refractivity contribution in [3.8, 4) is 0 Å². The SMILES string of the molecule is CC(C)(C)c1ccccc1N(CCC(=O)Nc1ccccc1F)S(C)(=O)=O. The summed E-state index contributed by atoms with van der Waals surface area (Å²) in [6.07, 6.45) is 1.01. The molecule has 0 aromatic heterocycles. The van der Waals surface area contributed by atoms with Crippen molar-refractivity contribution in [2.24, 2.45) is 0 Å². The molecule has 7 heteroatoms. The average Bonchev–Trinajstić information content (AvgIpc) is 2.55. The maximum Gasteiger partial charge on any atom is 0.232 e. The van der Waals surface area contributed by atoms with Crippen LogP contribution in [0.2, 0.25) is 0 Å². The summed E-state index contributed by atoms with van der Waals surface area (Å²) in [6.45, 7) is 5.96. The van der Waals surface area contributed by atoms with Crippen LogP contribution in [-0.4, -0.2) is 27.1 Å². The van der Waals surface area contributed by atoms with E-state index in [1.54, 1.807) is 18.2 Å². The van der Waals surface area contributed by atoms with Gasteiger partial charge in [-0.1, -0.05) is 51.1 Å². The van der Waals surface area contributed by atoms with Crippen LogP contribution in [0.25, 0.3) is 0 Å². The van der Waals surface area contributed by atoms with E-state index >= 15 is 0 Å². The van der Waals surface area contributed by atoms with Gasteiger partial charge in [0.2, 0.25) is 15.9 Å². The van der Waals surface area contributed by atoms with Gasteiger partial charge in [0.15, 0.2) is 0 Å². The number of rotatable bonds is 6. The van der Waals surface area contributed by atoms with Gasteiger partial charge in [-0.25, -0.2) is 12.8 Å². The Kier molecular flexibility index (Phi) is 6.26. The predicted molar refractivity (Wildman–Crippen MR) is 107 cm³/mol. The van der Waals surface area contributed by atoms with Crippen LogP contribution in [-0.2, 0) is 20.2 Å². The van der Waals surface area contributed by atoms with Crippen LogP contribution in [0, 0.1) is 5.82 Å². The van der Waals surface area contributed by atoms with Crippen LogP contribution < -0.4 is 9.62 Å². The first kappa shape index (κ1) is 20.9. The van der Waals surface area contributed by atoms with Gasteiger partial charge in [-0.2, -0.15) is 0 Å². The Hall–Kier alpha value is -2.41. The Balaban J connectivity index is 2.23. The maximum atomic E-state index is 13.7. The predicted octanol–water partition coefficient (Wildman–Crippen LogP) is 3.92. The minimum atomic E-state index is -3.60. The molecule has 0 aliphatic rings. The highest BCUT2D eigenvalue weighted by Gasteiger charge is 2.26. The minimum Gasteiger partial charge on any atom is -0.324 e. The lowest BCUT2D eigenvalue weighted by molar-refractivity contribution is -0.116. The molecule has 0 unspecified atom stereocenters. The number of benzene rings is 2. The van der Waals surface area contributed by atoms with Crippen molar-refractivity contribution in [3.63, 3.8) is 0 Å². The van der Waals surface area contributed by atoms with Gasteiger partial charge in [0, 0.05) is 13.0 Å². The standard InChI is InChI=1S/C20H25FN2O3S/c1-20(2,3)15-9-5-8-12-18(15)23(27(4,25)26)14-13-19(24)22-17-11-7-6-10-16(17)21/h5-12H,13-14H2,1-4H3,(H,22,24). The van der Waals surface area contributed by atoms with E-state index in [0.717, 1.165) is 11.8 Å². The van der Waals surface area contributed by atoms with Crippen LogP contribution in [0.1, 0.15) is 32.8 Å². The number of anilines is 2. The molecule has 0 atom stereocenters. The van der Waals surface area contributed by atoms with E-state index in [-0.39, 0.29) is 24.1 Å². The summed E-state index contributed by atoms with van der Waals surface area (Å²) in [5, 5.41) is 2.48. The summed E-state index contributed by atoms with van der Waals surface area (Å²) in [4.78, 5) is 12.2. The van der Waals surface area contributed by atoms with Crippen molar-refractivity contribution in [2.75, 3.05) is 22.4 Å². The largest absolute Gasteiger partial charge is 0.324 e. The molecule has 1 amide bonds. The van der Waals surface area contributed by atoms with Gasteiger partial charge >= 0.3 is 0 Å². The van der Waals surface area contributed by atoms with Crippen LogP contribution in [0.3, 0.4) is 0 Å². The highest BCUT2D eigenvalue weighted by molar-refractivity contribution is 7.92. The summed E-state index contributed by atoms with van der Waals surface area (Å²) >= 11 is 0. The van der Waals surface area contributed by atoms with Crippen LogP contribution in [0.4, 0.5) is 15.8 Å². The Morgan fingerprint density at radius 2 is 1.67 bits per heavy atom. The molecular weight excluding hydrogens is 367 g/mol. The van der Waals surface area contributed by atoms with E-state index in [1.807, 2.05) is 32.9 Å². The summed E-state index contributed by atoms with van der Waals surface area (Å²) in [5.74, 6) is -0.995. The topological polar surface area (TPSA) is 66.5 Å². The first-order valence-electron chi connectivity index (χ1n) is 8.62. The highest BCUT2D eigenvalue weighted by atomic mass is 32.2. The molecule has 0 bridgehead atoms. The summed E-state index contributed by atoms with van der Waals surface area (Å²) in [5.41, 5.74) is 1.22. The number of sulfonamides is 1. The van der Waals surface area contributed by atoms with Crippen molar-refractivity contribution >= 4 is 27.3 Å². The Labute approximate surface area is 160 Å². The molecule has 2 aromatic carbocycles. The molecule has 0 radical (unpaired) electrons. The van der Waals surface area contributed by atoms with Crippen molar-refractivity contribution < 1.29 is 17.6 Å². The first-order chi connectivity index (χ1) is 12.5. The molecule has 2 rings (SSSR count). The second-order valence-corrected chi connectivity index (χ2v) is 9.29. The van der Waals surface area contributed by atoms with E-state index in [9.17, 15) is 17.6 Å². The van der Waals surface area contributed by atoms with Gasteiger partial charge in [-0.3, -0.25) is 9.10 Å². The van der Waals surface area contributed by atoms with Crippen LogP contribution in [0.5, 0.6) is 0 Å². The third-order valence-corrected chi connectivity index (χ3v) is 5.25. The van der Waals surface area contributed by atoms with Gasteiger partial charge in [-0.15, -0.1) is 0 Å². The number of nitrogens with one attached hydrogen (secondary N) is 1. The fourth-order valence-electron chi connectivity index (χ4n) is 2.77. The van der Waals surface area contributed by atoms with Gasteiger partial charge < -0.3 is 5.32 Å². The zero-order chi connectivity index (χ0) is 20.2. The molecule has 146 valence electrons. The molecule has 0 saturated heterocycles. The lowest BCUT2D eigenvalue weighted by Gasteiger charge is -2.30. The zero-order valence-corrected chi connectivity index (χ0v) is 16.8. The van der Waals surface area contributed by atoms with E-state index in [0.29, 0.717) is 5.69 Å². The molecule has 2 aromatic rings. The molecule has 0 aliphatic carbocycles. The number of halogens is 1. The van der Waals surface area contributed by atoms with E-state index in [1.165, 1.54) is 22.5 Å². The third-order valence-electron chi connectivity index (χ3n) is 4.07. The number of amides is 1. The molecule has 0 heterocycles. The normalized spacial score (nSPS) is 11.9. The molecule has 1 N–H and O–H groups in total. The smallest absolute Gasteiger partial charge is 0.232 e. The van der Waals surface area contributed by atoms with Gasteiger partial charge in [0.1, 0.15) is 5.82 Å². The Morgan fingerprint density at radius 1 is 1.07 bits per heavy atom. The summed E-state index contributed by atoms with van der Waals surface area (Å²) in [7, 11) is -3.60. The van der Waals surface area contributed by atoms with E-state index in [4.69, 9.17) is 0 Å². The molecule has 5 nitrogen and oxygen atoms in total. The van der Waals surface area contributed by atoms with Crippen LogP contribution >= 0.6 is 0 Å². The number of carbonyl (C=O) groups is 1. The number of hydrogen-bond acceptors (Lipinski definition) is 3. The number of carbonyl (C=O) groups excluding carboxylic acids is 1. The molecule has 0 fully saturated rings. The third kappa shape index (κ3) is 5.53. The lowest BCUT2D eigenvalue weighted by atomic mass is 9.86. The molecule has 0 aliphatic heterocycles. The molecule has 0 spiro atoms. The van der Waals surface area contributed by atoms with E-state index in [2.05, 4.69) is 5.32 Å². The fourth-order valence-corrected chi connectivity index (χ4v) is 3.71. The van der Waals surface area contributed by atoms with Crippen molar-refractivity contribution in [1.82, 2.24) is 0 Å². The van der Waals surface area contributed by atoms with Gasteiger partial charge in [0.05, 0.1) is 17.6 Å². The quantitative estimate of drug-likeness (QED) is 0.810. The van der Waals surface area contributed by atoms with Gasteiger partial charge in [-0.05, 0) is 29.2 Å². The maximum absolute atomic E-state index is 13.7. The number of nitrogens with zero attached hydrogens (tertiary/aromatic N) is 1.